The number of aromatic nitrogens is 1. The smallest absolute Gasteiger partial charge is 0.141 e. The van der Waals surface area contributed by atoms with E-state index in [1.807, 2.05) is 17.8 Å². The molecule has 3 N–H and O–H groups in total. The van der Waals surface area contributed by atoms with Gasteiger partial charge in [0.05, 0.1) is 11.9 Å². The maximum atomic E-state index is 7.25. The van der Waals surface area contributed by atoms with E-state index in [-0.39, 0.29) is 5.84 Å². The average Bonchev–Trinajstić information content (AvgIpc) is 2.30. The van der Waals surface area contributed by atoms with Crippen LogP contribution in [0.25, 0.3) is 0 Å². The summed E-state index contributed by atoms with van der Waals surface area (Å²) in [4.78, 5) is 6.47. The van der Waals surface area contributed by atoms with Crippen molar-refractivity contribution in [2.45, 2.75) is 0 Å². The highest BCUT2D eigenvalue weighted by Crippen LogP contribution is 2.18. The molecule has 1 fully saturated rings. The Morgan fingerprint density at radius 3 is 2.67 bits per heavy atom. The minimum absolute atomic E-state index is 0.0238. The Bertz CT molecular complexity index is 343. The molecular formula is C10H14N4S. The first-order valence-electron chi connectivity index (χ1n) is 4.90. The molecule has 0 unspecified atom stereocenters. The fourth-order valence-corrected chi connectivity index (χ4v) is 2.46. The molecule has 0 spiro atoms. The van der Waals surface area contributed by atoms with Gasteiger partial charge in [-0.05, 0) is 12.1 Å². The van der Waals surface area contributed by atoms with Crippen molar-refractivity contribution in [3.8, 4) is 0 Å². The molecule has 0 atom stereocenters. The average molecular weight is 222 g/mol. The lowest BCUT2D eigenvalue weighted by atomic mass is 10.3. The molecule has 5 heteroatoms. The molecule has 15 heavy (non-hydrogen) atoms. The Morgan fingerprint density at radius 2 is 2.13 bits per heavy atom. The van der Waals surface area contributed by atoms with Gasteiger partial charge in [-0.3, -0.25) is 10.4 Å². The van der Waals surface area contributed by atoms with E-state index in [2.05, 4.69) is 9.88 Å². The molecule has 0 aromatic carbocycles. The number of anilines is 1. The van der Waals surface area contributed by atoms with Crippen molar-refractivity contribution in [3.63, 3.8) is 0 Å². The van der Waals surface area contributed by atoms with E-state index in [9.17, 15) is 0 Å². The van der Waals surface area contributed by atoms with E-state index in [1.165, 1.54) is 11.5 Å². The minimum Gasteiger partial charge on any atom is -0.382 e. The third-order valence-corrected chi connectivity index (χ3v) is 3.34. The summed E-state index contributed by atoms with van der Waals surface area (Å²) in [6.45, 7) is 2.15. The lowest BCUT2D eigenvalue weighted by Gasteiger charge is -2.28. The van der Waals surface area contributed by atoms with Crippen molar-refractivity contribution < 1.29 is 0 Å². The summed E-state index contributed by atoms with van der Waals surface area (Å²) in [5.41, 5.74) is 7.02. The molecule has 2 heterocycles. The van der Waals surface area contributed by atoms with Crippen LogP contribution in [0.15, 0.2) is 18.3 Å². The number of nitrogens with one attached hydrogen (secondary N) is 1. The number of rotatable bonds is 2. The van der Waals surface area contributed by atoms with Gasteiger partial charge in [0.1, 0.15) is 11.5 Å². The molecule has 4 nitrogen and oxygen atoms in total. The highest BCUT2D eigenvalue weighted by atomic mass is 32.2. The molecule has 0 bridgehead atoms. The quantitative estimate of drug-likeness (QED) is 0.577. The van der Waals surface area contributed by atoms with Crippen molar-refractivity contribution >= 4 is 23.3 Å². The number of thioether (sulfide) groups is 1. The van der Waals surface area contributed by atoms with E-state index in [1.54, 1.807) is 12.3 Å². The summed E-state index contributed by atoms with van der Waals surface area (Å²) in [5, 5.41) is 7.25. The number of nitrogen functional groups attached to an aromatic ring is 1. The Kier molecular flexibility index (Phi) is 3.11. The predicted molar refractivity (Wildman–Crippen MR) is 64.8 cm³/mol. The van der Waals surface area contributed by atoms with Crippen LogP contribution in [-0.2, 0) is 0 Å². The zero-order valence-electron chi connectivity index (χ0n) is 8.44. The van der Waals surface area contributed by atoms with Gasteiger partial charge in [-0.15, -0.1) is 0 Å². The number of nitrogens with two attached hydrogens (primary N) is 1. The molecule has 0 radical (unpaired) electrons. The zero-order chi connectivity index (χ0) is 10.7. The standard InChI is InChI=1S/C10H14N4S/c11-10(12)9-2-1-8(7-13-9)14-3-5-15-6-4-14/h1-2,7H,3-6H2,(H3,11,12). The van der Waals surface area contributed by atoms with E-state index in [0.29, 0.717) is 5.69 Å². The van der Waals surface area contributed by atoms with E-state index >= 15 is 0 Å². The van der Waals surface area contributed by atoms with Crippen molar-refractivity contribution in [1.82, 2.24) is 4.98 Å². The first-order valence-corrected chi connectivity index (χ1v) is 6.06. The van der Waals surface area contributed by atoms with Gasteiger partial charge >= 0.3 is 0 Å². The molecule has 1 aliphatic heterocycles. The number of nitrogens with zero attached hydrogens (tertiary/aromatic N) is 2. The van der Waals surface area contributed by atoms with Crippen molar-refractivity contribution in [1.29, 1.82) is 5.41 Å². The topological polar surface area (TPSA) is 66.0 Å². The third-order valence-electron chi connectivity index (χ3n) is 2.40. The Balaban J connectivity index is 2.11. The Labute approximate surface area is 93.4 Å². The van der Waals surface area contributed by atoms with Crippen LogP contribution in [0.5, 0.6) is 0 Å². The van der Waals surface area contributed by atoms with Crippen LogP contribution in [-0.4, -0.2) is 35.4 Å². The van der Waals surface area contributed by atoms with E-state index in [4.69, 9.17) is 11.1 Å². The van der Waals surface area contributed by atoms with Gasteiger partial charge in [0.25, 0.3) is 0 Å². The van der Waals surface area contributed by atoms with Crippen LogP contribution >= 0.6 is 11.8 Å². The van der Waals surface area contributed by atoms with Gasteiger partial charge < -0.3 is 10.6 Å². The molecule has 0 saturated carbocycles. The van der Waals surface area contributed by atoms with Crippen molar-refractivity contribution in [2.75, 3.05) is 29.5 Å². The van der Waals surface area contributed by atoms with Crippen LogP contribution in [0, 0.1) is 5.41 Å². The van der Waals surface area contributed by atoms with Crippen LogP contribution in [0.4, 0.5) is 5.69 Å². The molecular weight excluding hydrogens is 208 g/mol. The number of amidine groups is 1. The highest BCUT2D eigenvalue weighted by molar-refractivity contribution is 7.99. The number of pyridine rings is 1. The van der Waals surface area contributed by atoms with Gasteiger partial charge in [0.2, 0.25) is 0 Å². The third kappa shape index (κ3) is 2.41. The molecule has 0 amide bonds. The van der Waals surface area contributed by atoms with Crippen molar-refractivity contribution in [2.24, 2.45) is 5.73 Å². The first-order chi connectivity index (χ1) is 7.27. The fraction of sp³-hybridized carbons (Fsp3) is 0.400. The van der Waals surface area contributed by atoms with Gasteiger partial charge in [-0.1, -0.05) is 0 Å². The Hall–Kier alpha value is -1.23. The second-order valence-electron chi connectivity index (χ2n) is 3.41. The van der Waals surface area contributed by atoms with E-state index < -0.39 is 0 Å². The van der Waals surface area contributed by atoms with Gasteiger partial charge in [-0.25, -0.2) is 0 Å². The Morgan fingerprint density at radius 1 is 1.40 bits per heavy atom. The lowest BCUT2D eigenvalue weighted by Crippen LogP contribution is -2.32. The molecule has 1 aliphatic rings. The molecule has 1 saturated heterocycles. The molecule has 1 aromatic rings. The second-order valence-corrected chi connectivity index (χ2v) is 4.64. The highest BCUT2D eigenvalue weighted by Gasteiger charge is 2.11. The van der Waals surface area contributed by atoms with Crippen LogP contribution in [0.3, 0.4) is 0 Å². The monoisotopic (exact) mass is 222 g/mol. The van der Waals surface area contributed by atoms with Gasteiger partial charge in [0, 0.05) is 24.6 Å². The zero-order valence-corrected chi connectivity index (χ0v) is 9.26. The summed E-state index contributed by atoms with van der Waals surface area (Å²) in [5.74, 6) is 2.37. The van der Waals surface area contributed by atoms with Crippen molar-refractivity contribution in [3.05, 3.63) is 24.0 Å². The van der Waals surface area contributed by atoms with Crippen LogP contribution < -0.4 is 10.6 Å². The van der Waals surface area contributed by atoms with Crippen LogP contribution in [0.1, 0.15) is 5.69 Å². The molecule has 0 aliphatic carbocycles. The maximum Gasteiger partial charge on any atom is 0.141 e. The summed E-state index contributed by atoms with van der Waals surface area (Å²) in [6, 6.07) is 3.79. The summed E-state index contributed by atoms with van der Waals surface area (Å²) >= 11 is 1.99. The number of hydrogen-bond donors (Lipinski definition) is 2. The lowest BCUT2D eigenvalue weighted by molar-refractivity contribution is 0.855. The van der Waals surface area contributed by atoms with E-state index in [0.717, 1.165) is 18.8 Å². The molecule has 2 rings (SSSR count). The second kappa shape index (κ2) is 4.53. The summed E-state index contributed by atoms with van der Waals surface area (Å²) in [7, 11) is 0. The maximum absolute atomic E-state index is 7.25. The normalized spacial score (nSPS) is 16.4. The van der Waals surface area contributed by atoms with Gasteiger partial charge in [-0.2, -0.15) is 11.8 Å². The summed E-state index contributed by atoms with van der Waals surface area (Å²) < 4.78 is 0. The minimum atomic E-state index is 0.0238. The first kappa shape index (κ1) is 10.3. The molecule has 80 valence electrons. The SMILES string of the molecule is N=C(N)c1ccc(N2CCSCC2)cn1. The summed E-state index contributed by atoms with van der Waals surface area (Å²) in [6.07, 6.45) is 1.80. The predicted octanol–water partition coefficient (Wildman–Crippen LogP) is 0.919. The van der Waals surface area contributed by atoms with Gasteiger partial charge in [0.15, 0.2) is 0 Å². The fourth-order valence-electron chi connectivity index (χ4n) is 1.55. The van der Waals surface area contributed by atoms with Crippen LogP contribution in [0.2, 0.25) is 0 Å². The molecule has 1 aromatic heterocycles. The largest absolute Gasteiger partial charge is 0.382 e. The number of hydrogen-bond acceptors (Lipinski definition) is 4.